The molecule has 1 aromatic heterocycles. The first-order valence-corrected chi connectivity index (χ1v) is 9.04. The topological polar surface area (TPSA) is 95.1 Å². The number of benzene rings is 2. The molecule has 3 rings (SSSR count). The highest BCUT2D eigenvalue weighted by Gasteiger charge is 2.23. The molecule has 0 fully saturated rings. The molecule has 0 bridgehead atoms. The Kier molecular flexibility index (Phi) is 5.54. The largest absolute Gasteiger partial charge is 0.478 e. The van der Waals surface area contributed by atoms with Crippen LogP contribution >= 0.6 is 0 Å². The second kappa shape index (κ2) is 8.03. The quantitative estimate of drug-likeness (QED) is 0.595. The van der Waals surface area contributed by atoms with Crippen LogP contribution in [0.5, 0.6) is 0 Å². The predicted octanol–water partition coefficient (Wildman–Crippen LogP) is 3.71. The van der Waals surface area contributed by atoms with Gasteiger partial charge in [-0.15, -0.1) is 0 Å². The molecule has 27 heavy (non-hydrogen) atoms. The minimum atomic E-state index is -0.979. The summed E-state index contributed by atoms with van der Waals surface area (Å²) in [5.41, 5.74) is 2.79. The molecule has 0 spiro atoms. The van der Waals surface area contributed by atoms with Gasteiger partial charge in [0.1, 0.15) is 5.82 Å². The highest BCUT2D eigenvalue weighted by atomic mass is 16.4. The van der Waals surface area contributed by atoms with Crippen molar-refractivity contribution in [1.82, 2.24) is 15.3 Å². The molecule has 0 saturated carbocycles. The number of carbonyl (C=O) groups is 2. The first-order valence-electron chi connectivity index (χ1n) is 9.04. The van der Waals surface area contributed by atoms with Gasteiger partial charge in [0.25, 0.3) is 0 Å². The van der Waals surface area contributed by atoms with E-state index in [1.807, 2.05) is 24.3 Å². The van der Waals surface area contributed by atoms with Crippen LogP contribution in [0, 0.1) is 5.92 Å². The zero-order chi connectivity index (χ0) is 19.4. The second-order valence-corrected chi connectivity index (χ2v) is 6.75. The molecule has 2 unspecified atom stereocenters. The molecule has 0 aliphatic rings. The van der Waals surface area contributed by atoms with Crippen LogP contribution in [0.25, 0.3) is 11.0 Å². The summed E-state index contributed by atoms with van der Waals surface area (Å²) in [5.74, 6) is -0.138. The molecule has 2 aromatic carbocycles. The third-order valence-corrected chi connectivity index (χ3v) is 4.80. The highest BCUT2D eigenvalue weighted by Crippen LogP contribution is 2.24. The summed E-state index contributed by atoms with van der Waals surface area (Å²) >= 11 is 0. The van der Waals surface area contributed by atoms with Crippen LogP contribution < -0.4 is 5.32 Å². The van der Waals surface area contributed by atoms with Crippen molar-refractivity contribution in [3.63, 3.8) is 0 Å². The van der Waals surface area contributed by atoms with E-state index in [2.05, 4.69) is 29.1 Å². The van der Waals surface area contributed by atoms with Crippen molar-refractivity contribution >= 4 is 22.9 Å². The number of aromatic amines is 1. The van der Waals surface area contributed by atoms with Gasteiger partial charge in [-0.3, -0.25) is 4.79 Å². The lowest BCUT2D eigenvalue weighted by Crippen LogP contribution is -2.34. The van der Waals surface area contributed by atoms with Gasteiger partial charge < -0.3 is 15.4 Å². The van der Waals surface area contributed by atoms with Crippen molar-refractivity contribution in [2.75, 3.05) is 0 Å². The number of aromatic nitrogens is 2. The van der Waals surface area contributed by atoms with E-state index in [9.17, 15) is 9.59 Å². The number of hydrogen-bond acceptors (Lipinski definition) is 3. The monoisotopic (exact) mass is 365 g/mol. The molecule has 6 heteroatoms. The lowest BCUT2D eigenvalue weighted by Gasteiger charge is -2.22. The number of nitrogens with zero attached hydrogens (tertiary/aromatic N) is 1. The Morgan fingerprint density at radius 3 is 2.48 bits per heavy atom. The second-order valence-electron chi connectivity index (χ2n) is 6.75. The molecular weight excluding hydrogens is 342 g/mol. The number of H-pyrrole nitrogens is 1. The Morgan fingerprint density at radius 2 is 1.85 bits per heavy atom. The molecule has 3 N–H and O–H groups in total. The predicted molar refractivity (Wildman–Crippen MR) is 104 cm³/mol. The minimum Gasteiger partial charge on any atom is -0.478 e. The van der Waals surface area contributed by atoms with E-state index >= 15 is 0 Å². The van der Waals surface area contributed by atoms with Gasteiger partial charge in [0.15, 0.2) is 0 Å². The summed E-state index contributed by atoms with van der Waals surface area (Å²) in [5, 5.41) is 12.0. The molecule has 1 heterocycles. The molecule has 0 radical (unpaired) electrons. The van der Waals surface area contributed by atoms with Gasteiger partial charge in [-0.05, 0) is 35.7 Å². The van der Waals surface area contributed by atoms with Gasteiger partial charge >= 0.3 is 5.97 Å². The van der Waals surface area contributed by atoms with Crippen molar-refractivity contribution in [3.8, 4) is 0 Å². The van der Waals surface area contributed by atoms with Gasteiger partial charge in [-0.25, -0.2) is 9.78 Å². The number of carboxylic acid groups (broad SMARTS) is 1. The zero-order valence-electron chi connectivity index (χ0n) is 15.4. The van der Waals surface area contributed by atoms with E-state index in [-0.39, 0.29) is 29.9 Å². The Morgan fingerprint density at radius 1 is 1.15 bits per heavy atom. The van der Waals surface area contributed by atoms with Gasteiger partial charge in [-0.1, -0.05) is 44.5 Å². The Balaban J connectivity index is 1.75. The van der Waals surface area contributed by atoms with Gasteiger partial charge in [-0.2, -0.15) is 0 Å². The summed E-state index contributed by atoms with van der Waals surface area (Å²) in [6.07, 6.45) is 1.09. The van der Waals surface area contributed by atoms with Crippen molar-refractivity contribution in [2.45, 2.75) is 32.7 Å². The molecular formula is C21H23N3O3. The Bertz CT molecular complexity index is 914. The summed E-state index contributed by atoms with van der Waals surface area (Å²) < 4.78 is 0. The molecule has 6 nitrogen and oxygen atoms in total. The molecule has 3 aromatic rings. The smallest absolute Gasteiger partial charge is 0.335 e. The number of fused-ring (bicyclic) bond motifs is 1. The fourth-order valence-electron chi connectivity index (χ4n) is 3.01. The lowest BCUT2D eigenvalue weighted by atomic mass is 9.98. The number of para-hydroxylation sites is 2. The number of imidazole rings is 1. The van der Waals surface area contributed by atoms with E-state index in [0.29, 0.717) is 0 Å². The molecule has 0 aliphatic heterocycles. The Hall–Kier alpha value is -3.15. The van der Waals surface area contributed by atoms with Crippen LogP contribution in [-0.4, -0.2) is 27.0 Å². The van der Waals surface area contributed by atoms with Crippen LogP contribution in [0.15, 0.2) is 48.5 Å². The number of hydrogen-bond donors (Lipinski definition) is 3. The van der Waals surface area contributed by atoms with Crippen LogP contribution in [-0.2, 0) is 11.2 Å². The Labute approximate surface area is 157 Å². The van der Waals surface area contributed by atoms with E-state index in [4.69, 9.17) is 5.11 Å². The summed E-state index contributed by atoms with van der Waals surface area (Å²) in [6.45, 7) is 4.16. The van der Waals surface area contributed by atoms with Crippen LogP contribution in [0.1, 0.15) is 48.1 Å². The van der Waals surface area contributed by atoms with Crippen LogP contribution in [0.4, 0.5) is 0 Å². The third kappa shape index (κ3) is 4.34. The van der Waals surface area contributed by atoms with Gasteiger partial charge in [0.05, 0.1) is 29.1 Å². The van der Waals surface area contributed by atoms with E-state index in [1.54, 1.807) is 12.1 Å². The van der Waals surface area contributed by atoms with E-state index in [0.717, 1.165) is 28.8 Å². The maximum Gasteiger partial charge on any atom is 0.335 e. The summed E-state index contributed by atoms with van der Waals surface area (Å²) in [6, 6.07) is 13.9. The normalized spacial score (nSPS) is 13.3. The zero-order valence-corrected chi connectivity index (χ0v) is 15.4. The molecule has 140 valence electrons. The maximum atomic E-state index is 12.6. The van der Waals surface area contributed by atoms with Gasteiger partial charge in [0, 0.05) is 0 Å². The van der Waals surface area contributed by atoms with Crippen molar-refractivity contribution in [1.29, 1.82) is 0 Å². The van der Waals surface area contributed by atoms with Crippen molar-refractivity contribution < 1.29 is 14.7 Å². The van der Waals surface area contributed by atoms with E-state index in [1.165, 1.54) is 12.1 Å². The number of aromatic carboxylic acids is 1. The summed E-state index contributed by atoms with van der Waals surface area (Å²) in [4.78, 5) is 31.5. The SMILES string of the molecule is CCC(C)C(NC(=O)Cc1ccc(C(=O)O)cc1)c1nc2ccccc2[nH]1. The average Bonchev–Trinajstić information content (AvgIpc) is 3.09. The number of carboxylic acids is 1. The third-order valence-electron chi connectivity index (χ3n) is 4.80. The van der Waals surface area contributed by atoms with Crippen LogP contribution in [0.2, 0.25) is 0 Å². The highest BCUT2D eigenvalue weighted by molar-refractivity contribution is 5.87. The molecule has 1 amide bonds. The fourth-order valence-corrected chi connectivity index (χ4v) is 3.01. The first kappa shape index (κ1) is 18.6. The van der Waals surface area contributed by atoms with Crippen molar-refractivity contribution in [3.05, 3.63) is 65.5 Å². The molecule has 0 saturated heterocycles. The standard InChI is InChI=1S/C21H23N3O3/c1-3-13(2)19(20-22-16-6-4-5-7-17(16)23-20)24-18(25)12-14-8-10-15(11-9-14)21(26)27/h4-11,13,19H,3,12H2,1-2H3,(H,22,23)(H,24,25)(H,26,27). The van der Waals surface area contributed by atoms with Crippen LogP contribution in [0.3, 0.4) is 0 Å². The molecule has 0 aliphatic carbocycles. The number of amides is 1. The number of rotatable bonds is 7. The first-order chi connectivity index (χ1) is 13.0. The van der Waals surface area contributed by atoms with Crippen molar-refractivity contribution in [2.24, 2.45) is 5.92 Å². The number of nitrogens with one attached hydrogen (secondary N) is 2. The summed E-state index contributed by atoms with van der Waals surface area (Å²) in [7, 11) is 0. The minimum absolute atomic E-state index is 0.121. The fraction of sp³-hybridized carbons (Fsp3) is 0.286. The molecule has 2 atom stereocenters. The lowest BCUT2D eigenvalue weighted by molar-refractivity contribution is -0.121. The maximum absolute atomic E-state index is 12.6. The number of carbonyl (C=O) groups excluding carboxylic acids is 1. The average molecular weight is 365 g/mol. The van der Waals surface area contributed by atoms with Gasteiger partial charge in [0.2, 0.25) is 5.91 Å². The van der Waals surface area contributed by atoms with E-state index < -0.39 is 5.97 Å².